The molecule has 0 unspecified atom stereocenters. The number of para-hydroxylation sites is 5. The molecule has 85 heavy (non-hydrogen) atoms. The van der Waals surface area contributed by atoms with Gasteiger partial charge in [0.1, 0.15) is 11.3 Å². The zero-order valence-corrected chi connectivity index (χ0v) is 53.0. The van der Waals surface area contributed by atoms with E-state index in [1.54, 1.807) is 30.3 Å². The number of aryl methyl sites for hydroxylation is 5. The van der Waals surface area contributed by atoms with Gasteiger partial charge in [0.2, 0.25) is 0 Å². The second kappa shape index (κ2) is 30.2. The second-order valence-electron chi connectivity index (χ2n) is 19.9. The van der Waals surface area contributed by atoms with Crippen molar-refractivity contribution < 1.29 is 61.1 Å². The number of phenols is 1. The SMILES string of the molecule is CCCCC(C(=O)O)C(=O)O.CCCCC(C(=O)[O][Ga]([O]c1cccc2ccc(C)nc12)[O]c1cccc2ccc(C)nc12)C(=O)[O][Ga]([O]c1cccc2ccc(C)nc12)[O]c1cccc2ccc(C)nc12.Cc1ccc2cccc(O)c2n1.O. The van der Waals surface area contributed by atoms with Crippen LogP contribution in [-0.2, 0) is 26.2 Å². The number of nitrogens with zero attached hydrogens (tertiary/aromatic N) is 5. The maximum absolute atomic E-state index is 14.5. The number of hydrogen-bond donors (Lipinski definition) is 3. The minimum Gasteiger partial charge on any atom is -0.506 e. The van der Waals surface area contributed by atoms with Gasteiger partial charge in [0.05, 0.1) is 0 Å². The molecule has 0 saturated carbocycles. The number of aromatic nitrogens is 5. The van der Waals surface area contributed by atoms with Crippen LogP contribution in [0.15, 0.2) is 152 Å². The first kappa shape index (κ1) is 63.8. The van der Waals surface area contributed by atoms with E-state index in [1.807, 2.05) is 170 Å². The summed E-state index contributed by atoms with van der Waals surface area (Å²) in [7, 11) is 0. The number of fused-ring (bicyclic) bond motifs is 5. The van der Waals surface area contributed by atoms with Crippen LogP contribution < -0.4 is 14.1 Å². The first-order valence-electron chi connectivity index (χ1n) is 27.5. The largest absolute Gasteiger partial charge is 0.506 e. The van der Waals surface area contributed by atoms with Crippen molar-refractivity contribution >= 4 is 113 Å². The van der Waals surface area contributed by atoms with Crippen molar-refractivity contribution in [2.24, 2.45) is 11.8 Å². The third kappa shape index (κ3) is 17.0. The van der Waals surface area contributed by atoms with E-state index in [2.05, 4.69) is 4.98 Å². The standard InChI is InChI=1S/5C10H9NO.2C7H12O4.2Ga.H2O/c5*1-7-5-6-8-3-2-4-9(12)10(8)11-7;2*1-2-3-4-5(6(8)9)7(10)11;;;/h5*2-6,12H,1H3;2*5H,2-4H2,1H3,(H,8,9)(H,10,11);;;1H2/q;;;;;;;2*+3;/p-6. The summed E-state index contributed by atoms with van der Waals surface area (Å²) in [6, 6.07) is 46.8. The number of phenolic OH excluding ortho intramolecular Hbond substituents is 1. The normalized spacial score (nSPS) is 10.8. The molecule has 0 spiro atoms. The van der Waals surface area contributed by atoms with Gasteiger partial charge in [0, 0.05) is 11.1 Å². The Labute approximate surface area is 503 Å². The summed E-state index contributed by atoms with van der Waals surface area (Å²) in [5, 5.41) is 30.5. The average Bonchev–Trinajstić information content (AvgIpc) is 3.67. The van der Waals surface area contributed by atoms with Crippen LogP contribution in [0, 0.1) is 46.5 Å². The van der Waals surface area contributed by atoms with Crippen molar-refractivity contribution in [3.63, 3.8) is 0 Å². The fourth-order valence-electron chi connectivity index (χ4n) is 8.89. The molecule has 436 valence electrons. The predicted octanol–water partition coefficient (Wildman–Crippen LogP) is 12.0. The molecular weight excluding hydrogens is 1200 g/mol. The zero-order valence-electron chi connectivity index (χ0n) is 48.1. The summed E-state index contributed by atoms with van der Waals surface area (Å²) in [4.78, 5) is 72.6. The molecule has 0 amide bonds. The Morgan fingerprint density at radius 2 is 0.671 bits per heavy atom. The van der Waals surface area contributed by atoms with Crippen LogP contribution >= 0.6 is 0 Å². The molecule has 10 aromatic rings. The number of pyridine rings is 5. The number of rotatable bonds is 20. The van der Waals surface area contributed by atoms with E-state index in [4.69, 9.17) is 51.3 Å². The van der Waals surface area contributed by atoms with Crippen molar-refractivity contribution in [1.82, 2.24) is 24.9 Å². The van der Waals surface area contributed by atoms with E-state index >= 15 is 0 Å². The number of carboxylic acids is 2. The van der Waals surface area contributed by atoms with Crippen molar-refractivity contribution in [2.75, 3.05) is 0 Å². The Hall–Kier alpha value is -8.74. The quantitative estimate of drug-likeness (QED) is 0.0472. The number of benzene rings is 5. The average molecular weight is 1270 g/mol. The van der Waals surface area contributed by atoms with Gasteiger partial charge in [-0.05, 0) is 25.5 Å². The Morgan fingerprint density at radius 1 is 0.400 bits per heavy atom. The molecular formula is C64H65Ga2N5O14. The Bertz CT molecular complexity index is 3620. The van der Waals surface area contributed by atoms with Gasteiger partial charge in [-0.15, -0.1) is 0 Å². The summed E-state index contributed by atoms with van der Waals surface area (Å²) in [6.07, 6.45) is 3.07. The smallest absolute Gasteiger partial charge is 0.141 e. The van der Waals surface area contributed by atoms with Crippen LogP contribution in [0.5, 0.6) is 28.7 Å². The van der Waals surface area contributed by atoms with Crippen molar-refractivity contribution in [1.29, 1.82) is 0 Å². The number of carbonyl (C=O) groups is 4. The Morgan fingerprint density at radius 3 is 0.965 bits per heavy atom. The molecule has 0 saturated heterocycles. The number of unbranched alkanes of at least 4 members (excludes halogenated alkanes) is 2. The van der Waals surface area contributed by atoms with Crippen LogP contribution in [0.2, 0.25) is 0 Å². The monoisotopic (exact) mass is 1270 g/mol. The number of hydrogen-bond acceptors (Lipinski definition) is 16. The maximum atomic E-state index is 14.5. The zero-order chi connectivity index (χ0) is 59.9. The minimum atomic E-state index is -4.19. The summed E-state index contributed by atoms with van der Waals surface area (Å²) in [5.41, 5.74) is 7.11. The second-order valence-corrected chi connectivity index (χ2v) is 25.3. The minimum absolute atomic E-state index is 0. The topological polar surface area (TPSA) is 280 Å². The molecule has 0 aliphatic heterocycles. The van der Waals surface area contributed by atoms with Gasteiger partial charge < -0.3 is 20.8 Å². The number of carboxylic acid groups (broad SMARTS) is 2. The molecule has 5 aromatic heterocycles. The van der Waals surface area contributed by atoms with Gasteiger partial charge in [-0.3, -0.25) is 9.59 Å². The molecule has 0 bridgehead atoms. The molecule has 0 fully saturated rings. The molecule has 10 rings (SSSR count). The molecule has 0 radical (unpaired) electrons. The van der Waals surface area contributed by atoms with E-state index < -0.39 is 70.3 Å². The van der Waals surface area contributed by atoms with Gasteiger partial charge in [0.25, 0.3) is 0 Å². The third-order valence-electron chi connectivity index (χ3n) is 13.3. The van der Waals surface area contributed by atoms with Gasteiger partial charge in [-0.25, -0.2) is 4.98 Å². The summed E-state index contributed by atoms with van der Waals surface area (Å²) in [6.45, 7) is 13.3. The Kier molecular flexibility index (Phi) is 22.7. The molecule has 19 nitrogen and oxygen atoms in total. The van der Waals surface area contributed by atoms with Crippen molar-refractivity contribution in [3.05, 3.63) is 180 Å². The van der Waals surface area contributed by atoms with Crippen LogP contribution in [0.1, 0.15) is 80.8 Å². The summed E-state index contributed by atoms with van der Waals surface area (Å²) in [5.74, 6) is -4.90. The predicted molar refractivity (Wildman–Crippen MR) is 325 cm³/mol. The fourth-order valence-corrected chi connectivity index (χ4v) is 14.3. The fraction of sp³-hybridized carbons (Fsp3) is 0.234. The van der Waals surface area contributed by atoms with Gasteiger partial charge in [-0.2, -0.15) is 0 Å². The number of aromatic hydroxyl groups is 1. The summed E-state index contributed by atoms with van der Waals surface area (Å²) >= 11 is -8.39. The van der Waals surface area contributed by atoms with Crippen LogP contribution in [0.25, 0.3) is 54.5 Å². The summed E-state index contributed by atoms with van der Waals surface area (Å²) < 4.78 is 38.6. The van der Waals surface area contributed by atoms with E-state index in [0.29, 0.717) is 69.8 Å². The first-order chi connectivity index (χ1) is 40.5. The van der Waals surface area contributed by atoms with Crippen molar-refractivity contribution in [2.45, 2.75) is 87.0 Å². The van der Waals surface area contributed by atoms with E-state index in [1.165, 1.54) is 0 Å². The first-order valence-corrected chi connectivity index (χ1v) is 33.5. The molecule has 0 atom stereocenters. The van der Waals surface area contributed by atoms with Crippen LogP contribution in [0.3, 0.4) is 0 Å². The van der Waals surface area contributed by atoms with Crippen LogP contribution in [-0.4, -0.2) is 104 Å². The molecule has 5 aromatic carbocycles. The molecule has 5 heterocycles. The van der Waals surface area contributed by atoms with Gasteiger partial charge in [0.15, 0.2) is 5.92 Å². The Balaban J connectivity index is 0.000000358. The van der Waals surface area contributed by atoms with Gasteiger partial charge >= 0.3 is 380 Å². The molecule has 21 heteroatoms. The number of carbonyl (C=O) groups excluding carboxylic acids is 2. The van der Waals surface area contributed by atoms with Crippen molar-refractivity contribution in [3.8, 4) is 28.7 Å². The maximum Gasteiger partial charge on any atom is 0.141 e. The van der Waals surface area contributed by atoms with Gasteiger partial charge in [-0.1, -0.05) is 38.0 Å². The van der Waals surface area contributed by atoms with Crippen LogP contribution in [0.4, 0.5) is 0 Å². The molecule has 0 aliphatic carbocycles. The van der Waals surface area contributed by atoms with E-state index in [-0.39, 0.29) is 24.1 Å². The molecule has 0 aliphatic rings. The van der Waals surface area contributed by atoms with E-state index in [9.17, 15) is 24.3 Å². The van der Waals surface area contributed by atoms with E-state index in [0.717, 1.165) is 61.8 Å². The third-order valence-corrected chi connectivity index (χ3v) is 18.8. The number of aliphatic carboxylic acids is 2. The molecule has 5 N–H and O–H groups in total.